The summed E-state index contributed by atoms with van der Waals surface area (Å²) in [5.74, 6) is -0.468. The van der Waals surface area contributed by atoms with Crippen molar-refractivity contribution in [1.82, 2.24) is 24.8 Å². The van der Waals surface area contributed by atoms with Gasteiger partial charge in [-0.3, -0.25) is 4.79 Å². The quantitative estimate of drug-likeness (QED) is 0.753. The molecule has 6 nitrogen and oxygen atoms in total. The van der Waals surface area contributed by atoms with Crippen LogP contribution in [0.4, 0.5) is 4.39 Å². The van der Waals surface area contributed by atoms with E-state index in [0.29, 0.717) is 17.8 Å². The number of nitrogens with one attached hydrogen (secondary N) is 1. The van der Waals surface area contributed by atoms with E-state index in [2.05, 4.69) is 20.3 Å². The van der Waals surface area contributed by atoms with Gasteiger partial charge in [-0.15, -0.1) is 0 Å². The van der Waals surface area contributed by atoms with Gasteiger partial charge < -0.3 is 10.2 Å². The summed E-state index contributed by atoms with van der Waals surface area (Å²) in [5, 5.41) is 7.29. The number of benzene rings is 1. The molecule has 0 bridgehead atoms. The number of hydrogen-bond acceptors (Lipinski definition) is 4. The van der Waals surface area contributed by atoms with Crippen molar-refractivity contribution in [2.75, 3.05) is 26.2 Å². The van der Waals surface area contributed by atoms with Gasteiger partial charge in [-0.05, 0) is 56.3 Å². The zero-order valence-corrected chi connectivity index (χ0v) is 15.1. The number of piperidine rings is 1. The normalized spacial score (nSPS) is 15.1. The first-order valence-electron chi connectivity index (χ1n) is 9.31. The molecule has 0 unspecified atom stereocenters. The molecular weight excluding hydrogens is 345 g/mol. The first-order chi connectivity index (χ1) is 13.2. The lowest BCUT2D eigenvalue weighted by Gasteiger charge is -2.26. The molecule has 4 rings (SSSR count). The molecular formula is C20H22FN5O. The first kappa shape index (κ1) is 17.6. The van der Waals surface area contributed by atoms with Crippen LogP contribution in [0.2, 0.25) is 0 Å². The molecule has 1 saturated heterocycles. The lowest BCUT2D eigenvalue weighted by molar-refractivity contribution is 0.0948. The van der Waals surface area contributed by atoms with E-state index in [4.69, 9.17) is 0 Å². The molecule has 0 aliphatic carbocycles. The largest absolute Gasteiger partial charge is 0.351 e. The van der Waals surface area contributed by atoms with Gasteiger partial charge in [0.25, 0.3) is 5.91 Å². The van der Waals surface area contributed by atoms with Gasteiger partial charge in [0, 0.05) is 24.8 Å². The van der Waals surface area contributed by atoms with E-state index in [1.54, 1.807) is 28.9 Å². The van der Waals surface area contributed by atoms with Crippen LogP contribution in [0.3, 0.4) is 0 Å². The number of halogens is 1. The molecule has 0 saturated carbocycles. The average molecular weight is 367 g/mol. The van der Waals surface area contributed by atoms with Crippen molar-refractivity contribution in [3.05, 3.63) is 54.1 Å². The minimum Gasteiger partial charge on any atom is -0.351 e. The maximum atomic E-state index is 13.2. The van der Waals surface area contributed by atoms with Gasteiger partial charge in [0.15, 0.2) is 5.65 Å². The maximum absolute atomic E-state index is 13.2. The molecule has 1 amide bonds. The molecule has 1 N–H and O–H groups in total. The summed E-state index contributed by atoms with van der Waals surface area (Å²) in [6.45, 7) is 3.68. The number of amides is 1. The topological polar surface area (TPSA) is 62.5 Å². The molecule has 27 heavy (non-hydrogen) atoms. The number of carbonyl (C=O) groups is 1. The highest BCUT2D eigenvalue weighted by atomic mass is 19.1. The van der Waals surface area contributed by atoms with Crippen molar-refractivity contribution in [2.45, 2.75) is 19.3 Å². The van der Waals surface area contributed by atoms with Crippen LogP contribution in [-0.4, -0.2) is 51.6 Å². The fourth-order valence-corrected chi connectivity index (χ4v) is 3.50. The van der Waals surface area contributed by atoms with E-state index in [-0.39, 0.29) is 11.7 Å². The fourth-order valence-electron chi connectivity index (χ4n) is 3.50. The highest BCUT2D eigenvalue weighted by Crippen LogP contribution is 2.21. The summed E-state index contributed by atoms with van der Waals surface area (Å²) in [5.41, 5.74) is 2.50. The summed E-state index contributed by atoms with van der Waals surface area (Å²) in [4.78, 5) is 19.3. The van der Waals surface area contributed by atoms with Gasteiger partial charge in [-0.1, -0.05) is 6.42 Å². The lowest BCUT2D eigenvalue weighted by atomic mass is 10.1. The number of carbonyl (C=O) groups excluding carboxylic acids is 1. The smallest absolute Gasteiger partial charge is 0.256 e. The molecule has 1 aliphatic heterocycles. The van der Waals surface area contributed by atoms with Crippen molar-refractivity contribution in [2.24, 2.45) is 0 Å². The average Bonchev–Trinajstić information content (AvgIpc) is 3.14. The van der Waals surface area contributed by atoms with E-state index in [0.717, 1.165) is 30.9 Å². The molecule has 3 heterocycles. The lowest BCUT2D eigenvalue weighted by Crippen LogP contribution is -2.37. The minimum atomic E-state index is -0.293. The Hall–Kier alpha value is -2.80. The van der Waals surface area contributed by atoms with Gasteiger partial charge in [-0.2, -0.15) is 5.10 Å². The number of nitrogens with zero attached hydrogens (tertiary/aromatic N) is 4. The number of aromatic nitrogens is 3. The Kier molecular flexibility index (Phi) is 5.11. The van der Waals surface area contributed by atoms with Crippen LogP contribution in [0.25, 0.3) is 16.9 Å². The van der Waals surface area contributed by atoms with E-state index in [9.17, 15) is 9.18 Å². The molecule has 1 aliphatic rings. The minimum absolute atomic E-state index is 0.175. The first-order valence-corrected chi connectivity index (χ1v) is 9.31. The van der Waals surface area contributed by atoms with Crippen LogP contribution in [0, 0.1) is 5.82 Å². The van der Waals surface area contributed by atoms with E-state index >= 15 is 0 Å². The summed E-state index contributed by atoms with van der Waals surface area (Å²) in [6.07, 6.45) is 6.94. The zero-order chi connectivity index (χ0) is 18.6. The highest BCUT2D eigenvalue weighted by Gasteiger charge is 2.17. The molecule has 140 valence electrons. The molecule has 3 aromatic rings. The van der Waals surface area contributed by atoms with Crippen LogP contribution >= 0.6 is 0 Å². The second-order valence-electron chi connectivity index (χ2n) is 6.79. The third kappa shape index (κ3) is 3.83. The van der Waals surface area contributed by atoms with Gasteiger partial charge in [0.1, 0.15) is 11.4 Å². The SMILES string of the molecule is O=C(NCCN1CCCCC1)c1cnn2c(-c3ccc(F)cc3)ccnc12. The van der Waals surface area contributed by atoms with E-state index in [1.807, 2.05) is 0 Å². The summed E-state index contributed by atoms with van der Waals surface area (Å²) >= 11 is 0. The van der Waals surface area contributed by atoms with E-state index in [1.165, 1.54) is 37.6 Å². The Morgan fingerprint density at radius 3 is 2.67 bits per heavy atom. The Balaban J connectivity index is 1.50. The number of rotatable bonds is 5. The fraction of sp³-hybridized carbons (Fsp3) is 0.350. The third-order valence-corrected chi connectivity index (χ3v) is 4.95. The molecule has 2 aromatic heterocycles. The zero-order valence-electron chi connectivity index (χ0n) is 15.1. The number of hydrogen-bond donors (Lipinski definition) is 1. The van der Waals surface area contributed by atoms with Crippen LogP contribution in [0.1, 0.15) is 29.6 Å². The summed E-state index contributed by atoms with van der Waals surface area (Å²) < 4.78 is 14.8. The van der Waals surface area contributed by atoms with Gasteiger partial charge >= 0.3 is 0 Å². The summed E-state index contributed by atoms with van der Waals surface area (Å²) in [6, 6.07) is 7.97. The van der Waals surface area contributed by atoms with Crippen LogP contribution in [0.5, 0.6) is 0 Å². The standard InChI is InChI=1S/C20H22FN5O/c21-16-6-4-15(5-7-16)18-8-9-22-19-17(14-24-26(18)19)20(27)23-10-13-25-11-2-1-3-12-25/h4-9,14H,1-3,10-13H2,(H,23,27). The second kappa shape index (κ2) is 7.84. The Bertz CT molecular complexity index is 931. The van der Waals surface area contributed by atoms with Crippen molar-refractivity contribution >= 4 is 11.6 Å². The number of fused-ring (bicyclic) bond motifs is 1. The Morgan fingerprint density at radius 1 is 1.11 bits per heavy atom. The predicted molar refractivity (Wildman–Crippen MR) is 101 cm³/mol. The van der Waals surface area contributed by atoms with Gasteiger partial charge in [0.2, 0.25) is 0 Å². The van der Waals surface area contributed by atoms with Crippen molar-refractivity contribution in [3.8, 4) is 11.3 Å². The van der Waals surface area contributed by atoms with Crippen molar-refractivity contribution in [1.29, 1.82) is 0 Å². The monoisotopic (exact) mass is 367 g/mol. The molecule has 1 fully saturated rings. The van der Waals surface area contributed by atoms with E-state index < -0.39 is 0 Å². The molecule has 7 heteroatoms. The molecule has 1 aromatic carbocycles. The van der Waals surface area contributed by atoms with Crippen molar-refractivity contribution in [3.63, 3.8) is 0 Å². The molecule has 0 spiro atoms. The van der Waals surface area contributed by atoms with Crippen molar-refractivity contribution < 1.29 is 9.18 Å². The maximum Gasteiger partial charge on any atom is 0.256 e. The van der Waals surface area contributed by atoms with Crippen LogP contribution < -0.4 is 5.32 Å². The van der Waals surface area contributed by atoms with Crippen LogP contribution in [0.15, 0.2) is 42.7 Å². The number of likely N-dealkylation sites (tertiary alicyclic amines) is 1. The van der Waals surface area contributed by atoms with Gasteiger partial charge in [0.05, 0.1) is 11.9 Å². The predicted octanol–water partition coefficient (Wildman–Crippen LogP) is 2.75. The Labute approximate surface area is 157 Å². The van der Waals surface area contributed by atoms with Crippen LogP contribution in [-0.2, 0) is 0 Å². The summed E-state index contributed by atoms with van der Waals surface area (Å²) in [7, 11) is 0. The second-order valence-corrected chi connectivity index (χ2v) is 6.79. The van der Waals surface area contributed by atoms with Gasteiger partial charge in [-0.25, -0.2) is 13.9 Å². The highest BCUT2D eigenvalue weighted by molar-refractivity contribution is 5.99. The molecule has 0 atom stereocenters. The third-order valence-electron chi connectivity index (χ3n) is 4.95. The molecule has 0 radical (unpaired) electrons. The Morgan fingerprint density at radius 2 is 1.89 bits per heavy atom.